The Labute approximate surface area is 145 Å². The fourth-order valence-corrected chi connectivity index (χ4v) is 3.08. The summed E-state index contributed by atoms with van der Waals surface area (Å²) in [5, 5.41) is 7.82. The maximum Gasteiger partial charge on any atom is 0.191 e. The summed E-state index contributed by atoms with van der Waals surface area (Å²) in [5.41, 5.74) is 1.15. The van der Waals surface area contributed by atoms with Gasteiger partial charge in [0.15, 0.2) is 5.96 Å². The average Bonchev–Trinajstić information content (AvgIpc) is 2.84. The lowest BCUT2D eigenvalue weighted by Crippen LogP contribution is -2.38. The lowest BCUT2D eigenvalue weighted by atomic mass is 10.3. The molecule has 0 aromatic carbocycles. The SMILES string of the molecule is CCCCOCCCN=C(NCC)NCCc1sc(C)nc1C. The van der Waals surface area contributed by atoms with Crippen molar-refractivity contribution in [1.82, 2.24) is 15.6 Å². The van der Waals surface area contributed by atoms with Crippen LogP contribution in [-0.2, 0) is 11.2 Å². The van der Waals surface area contributed by atoms with Gasteiger partial charge in [-0.1, -0.05) is 13.3 Å². The highest BCUT2D eigenvalue weighted by Gasteiger charge is 2.05. The number of unbranched alkanes of at least 4 members (excludes halogenated alkanes) is 1. The summed E-state index contributed by atoms with van der Waals surface area (Å²) in [6, 6.07) is 0. The summed E-state index contributed by atoms with van der Waals surface area (Å²) in [5.74, 6) is 0.889. The van der Waals surface area contributed by atoms with Gasteiger partial charge in [-0.05, 0) is 33.6 Å². The van der Waals surface area contributed by atoms with Crippen LogP contribution in [0.15, 0.2) is 4.99 Å². The highest BCUT2D eigenvalue weighted by Crippen LogP contribution is 2.16. The Kier molecular flexibility index (Phi) is 10.6. The number of nitrogens with zero attached hydrogens (tertiary/aromatic N) is 2. The number of guanidine groups is 1. The van der Waals surface area contributed by atoms with Gasteiger partial charge in [-0.15, -0.1) is 11.3 Å². The minimum absolute atomic E-state index is 0.792. The largest absolute Gasteiger partial charge is 0.381 e. The molecule has 0 amide bonds. The quantitative estimate of drug-likeness (QED) is 0.369. The predicted octanol–water partition coefficient (Wildman–Crippen LogP) is 3.06. The Morgan fingerprint density at radius 2 is 1.96 bits per heavy atom. The van der Waals surface area contributed by atoms with Crippen LogP contribution in [0.4, 0.5) is 0 Å². The summed E-state index contributed by atoms with van der Waals surface area (Å²) in [4.78, 5) is 10.4. The van der Waals surface area contributed by atoms with Gasteiger partial charge in [-0.3, -0.25) is 4.99 Å². The number of hydrogen-bond acceptors (Lipinski definition) is 4. The Morgan fingerprint density at radius 3 is 2.61 bits per heavy atom. The van der Waals surface area contributed by atoms with E-state index in [9.17, 15) is 0 Å². The van der Waals surface area contributed by atoms with Crippen molar-refractivity contribution in [3.63, 3.8) is 0 Å². The van der Waals surface area contributed by atoms with E-state index in [4.69, 9.17) is 4.74 Å². The Bertz CT molecular complexity index is 459. The molecule has 0 bridgehead atoms. The van der Waals surface area contributed by atoms with Crippen LogP contribution in [0.2, 0.25) is 0 Å². The highest BCUT2D eigenvalue weighted by molar-refractivity contribution is 7.11. The van der Waals surface area contributed by atoms with E-state index in [1.807, 2.05) is 0 Å². The molecule has 23 heavy (non-hydrogen) atoms. The van der Waals surface area contributed by atoms with Crippen LogP contribution in [0.25, 0.3) is 0 Å². The van der Waals surface area contributed by atoms with Gasteiger partial charge in [0.2, 0.25) is 0 Å². The molecule has 1 rings (SSSR count). The number of thiazole rings is 1. The van der Waals surface area contributed by atoms with Crippen molar-refractivity contribution in [2.45, 2.75) is 53.4 Å². The van der Waals surface area contributed by atoms with Gasteiger partial charge in [-0.25, -0.2) is 4.98 Å². The summed E-state index contributed by atoms with van der Waals surface area (Å²) in [6.45, 7) is 12.6. The van der Waals surface area contributed by atoms with E-state index in [0.29, 0.717) is 0 Å². The van der Waals surface area contributed by atoms with Crippen LogP contribution in [0, 0.1) is 13.8 Å². The lowest BCUT2D eigenvalue weighted by Gasteiger charge is -2.11. The number of aromatic nitrogens is 1. The Morgan fingerprint density at radius 1 is 1.17 bits per heavy atom. The van der Waals surface area contributed by atoms with Crippen molar-refractivity contribution < 1.29 is 4.74 Å². The number of aryl methyl sites for hydroxylation is 2. The van der Waals surface area contributed by atoms with Gasteiger partial charge in [0.1, 0.15) is 0 Å². The van der Waals surface area contributed by atoms with Crippen molar-refractivity contribution in [1.29, 1.82) is 0 Å². The fourth-order valence-electron chi connectivity index (χ4n) is 2.15. The average molecular weight is 341 g/mol. The first-order valence-electron chi connectivity index (χ1n) is 8.70. The molecule has 2 N–H and O–H groups in total. The number of ether oxygens (including phenoxy) is 1. The van der Waals surface area contributed by atoms with Gasteiger partial charge in [-0.2, -0.15) is 0 Å². The summed E-state index contributed by atoms with van der Waals surface area (Å²) in [7, 11) is 0. The van der Waals surface area contributed by atoms with E-state index in [1.54, 1.807) is 11.3 Å². The maximum atomic E-state index is 5.55. The smallest absolute Gasteiger partial charge is 0.191 e. The zero-order chi connectivity index (χ0) is 16.9. The van der Waals surface area contributed by atoms with Crippen LogP contribution in [0.1, 0.15) is 48.7 Å². The molecule has 0 spiro atoms. The van der Waals surface area contributed by atoms with E-state index in [1.165, 1.54) is 11.3 Å². The molecule has 0 saturated heterocycles. The van der Waals surface area contributed by atoms with Crippen LogP contribution in [0.5, 0.6) is 0 Å². The number of rotatable bonds is 11. The standard InChI is InChI=1S/C17H32N4OS/c1-5-7-12-22-13-8-10-19-17(18-6-2)20-11-9-16-14(3)21-15(4)23-16/h5-13H2,1-4H3,(H2,18,19,20). The van der Waals surface area contributed by atoms with E-state index in [-0.39, 0.29) is 0 Å². The van der Waals surface area contributed by atoms with Crippen molar-refractivity contribution in [3.8, 4) is 0 Å². The molecule has 0 aliphatic carbocycles. The van der Waals surface area contributed by atoms with Crippen LogP contribution in [-0.4, -0.2) is 43.8 Å². The van der Waals surface area contributed by atoms with Crippen LogP contribution < -0.4 is 10.6 Å². The number of nitrogens with one attached hydrogen (secondary N) is 2. The Balaban J connectivity index is 2.25. The molecule has 0 fully saturated rings. The third-order valence-corrected chi connectivity index (χ3v) is 4.48. The third kappa shape index (κ3) is 8.91. The van der Waals surface area contributed by atoms with Crippen molar-refractivity contribution in [2.75, 3.05) is 32.8 Å². The topological polar surface area (TPSA) is 58.5 Å². The van der Waals surface area contributed by atoms with E-state index >= 15 is 0 Å². The van der Waals surface area contributed by atoms with Gasteiger partial charge in [0.25, 0.3) is 0 Å². The van der Waals surface area contributed by atoms with Crippen molar-refractivity contribution in [3.05, 3.63) is 15.6 Å². The summed E-state index contributed by atoms with van der Waals surface area (Å²) in [6.07, 6.45) is 4.28. The van der Waals surface area contributed by atoms with Crippen molar-refractivity contribution >= 4 is 17.3 Å². The molecule has 0 aliphatic heterocycles. The molecule has 1 aromatic rings. The number of aliphatic imine (C=N–C) groups is 1. The molecule has 1 aromatic heterocycles. The molecular formula is C17H32N4OS. The molecule has 1 heterocycles. The molecule has 132 valence electrons. The molecule has 0 saturated carbocycles. The van der Waals surface area contributed by atoms with Crippen molar-refractivity contribution in [2.24, 2.45) is 4.99 Å². The lowest BCUT2D eigenvalue weighted by molar-refractivity contribution is 0.130. The second-order valence-electron chi connectivity index (χ2n) is 5.50. The van der Waals surface area contributed by atoms with Crippen LogP contribution in [0.3, 0.4) is 0 Å². The second kappa shape index (κ2) is 12.3. The second-order valence-corrected chi connectivity index (χ2v) is 6.79. The van der Waals surface area contributed by atoms with Gasteiger partial charge in [0.05, 0.1) is 10.7 Å². The third-order valence-electron chi connectivity index (χ3n) is 3.35. The molecule has 0 aliphatic rings. The summed E-state index contributed by atoms with van der Waals surface area (Å²) < 4.78 is 5.55. The molecule has 6 heteroatoms. The fraction of sp³-hybridized carbons (Fsp3) is 0.765. The zero-order valence-electron chi connectivity index (χ0n) is 15.1. The molecule has 0 radical (unpaired) electrons. The van der Waals surface area contributed by atoms with Crippen LogP contribution >= 0.6 is 11.3 Å². The first-order valence-corrected chi connectivity index (χ1v) is 9.51. The minimum atomic E-state index is 0.792. The molecule has 5 nitrogen and oxygen atoms in total. The monoisotopic (exact) mass is 340 g/mol. The van der Waals surface area contributed by atoms with Gasteiger partial charge in [0, 0.05) is 44.1 Å². The minimum Gasteiger partial charge on any atom is -0.381 e. The van der Waals surface area contributed by atoms with E-state index in [2.05, 4.69) is 48.3 Å². The summed E-state index contributed by atoms with van der Waals surface area (Å²) >= 11 is 1.78. The van der Waals surface area contributed by atoms with Gasteiger partial charge >= 0.3 is 0 Å². The molecule has 0 atom stereocenters. The maximum absolute atomic E-state index is 5.55. The Hall–Kier alpha value is -1.14. The first kappa shape index (κ1) is 19.9. The number of hydrogen-bond donors (Lipinski definition) is 2. The molecule has 0 unspecified atom stereocenters. The predicted molar refractivity (Wildman–Crippen MR) is 99.6 cm³/mol. The van der Waals surface area contributed by atoms with E-state index < -0.39 is 0 Å². The highest BCUT2D eigenvalue weighted by atomic mass is 32.1. The normalized spacial score (nSPS) is 11.7. The van der Waals surface area contributed by atoms with Gasteiger partial charge < -0.3 is 15.4 Å². The first-order chi connectivity index (χ1) is 11.2. The van der Waals surface area contributed by atoms with E-state index in [0.717, 1.165) is 68.8 Å². The molecular weight excluding hydrogens is 308 g/mol. The zero-order valence-corrected chi connectivity index (χ0v) is 15.9.